The highest BCUT2D eigenvalue weighted by atomic mass is 16.3. The summed E-state index contributed by atoms with van der Waals surface area (Å²) in [5, 5.41) is 10.8. The lowest BCUT2D eigenvalue weighted by Crippen LogP contribution is -2.50. The molecule has 1 aliphatic heterocycles. The average Bonchev–Trinajstić information content (AvgIpc) is 2.83. The molecule has 4 nitrogen and oxygen atoms in total. The Balaban J connectivity index is 1.70. The Bertz CT molecular complexity index is 730. The number of carbonyl (C=O) groups excluding carboxylic acids is 1. The van der Waals surface area contributed by atoms with Crippen LogP contribution in [0.2, 0.25) is 0 Å². The Kier molecular flexibility index (Phi) is 3.05. The smallest absolute Gasteiger partial charge is 0.226 e. The molecule has 4 rings (SSSR count). The van der Waals surface area contributed by atoms with Gasteiger partial charge in [0.25, 0.3) is 0 Å². The number of fused-ring (bicyclic) bond motifs is 3. The second-order valence-electron chi connectivity index (χ2n) is 6.86. The first kappa shape index (κ1) is 13.8. The molecule has 0 radical (unpaired) electrons. The van der Waals surface area contributed by atoms with Crippen molar-refractivity contribution in [3.8, 4) is 0 Å². The Morgan fingerprint density at radius 2 is 2.00 bits per heavy atom. The van der Waals surface area contributed by atoms with Crippen LogP contribution in [0.15, 0.2) is 24.3 Å². The van der Waals surface area contributed by atoms with Gasteiger partial charge in [-0.1, -0.05) is 18.2 Å². The summed E-state index contributed by atoms with van der Waals surface area (Å²) in [6, 6.07) is 8.63. The summed E-state index contributed by atoms with van der Waals surface area (Å²) in [5.41, 5.74) is 3.68. The number of H-pyrrole nitrogens is 1. The summed E-state index contributed by atoms with van der Waals surface area (Å²) in [6.07, 6.45) is 1.85. The van der Waals surface area contributed by atoms with Gasteiger partial charge in [-0.15, -0.1) is 0 Å². The number of amides is 1. The topological polar surface area (TPSA) is 56.3 Å². The maximum Gasteiger partial charge on any atom is 0.226 e. The fourth-order valence-electron chi connectivity index (χ4n) is 4.12. The highest BCUT2D eigenvalue weighted by Crippen LogP contribution is 2.39. The third-order valence-electron chi connectivity index (χ3n) is 5.37. The lowest BCUT2D eigenvalue weighted by atomic mass is 9.80. The number of aliphatic hydroxyl groups is 1. The fraction of sp³-hybridized carbons (Fsp3) is 0.500. The first-order valence-corrected chi connectivity index (χ1v) is 8.16. The van der Waals surface area contributed by atoms with E-state index in [1.807, 2.05) is 11.0 Å². The van der Waals surface area contributed by atoms with Gasteiger partial charge >= 0.3 is 0 Å². The van der Waals surface area contributed by atoms with E-state index in [1.54, 1.807) is 0 Å². The summed E-state index contributed by atoms with van der Waals surface area (Å²) in [6.45, 7) is 4.24. The molecule has 2 aromatic rings. The van der Waals surface area contributed by atoms with Crippen molar-refractivity contribution in [1.82, 2.24) is 9.88 Å². The lowest BCUT2D eigenvalue weighted by Gasteiger charge is -2.43. The molecule has 2 N–H and O–H groups in total. The molecule has 1 aliphatic carbocycles. The van der Waals surface area contributed by atoms with Crippen LogP contribution in [0.25, 0.3) is 10.9 Å². The Hall–Kier alpha value is -1.81. The molecule has 1 saturated carbocycles. The minimum atomic E-state index is -0.284. The number of nitrogens with one attached hydrogen (secondary N) is 1. The first-order valence-electron chi connectivity index (χ1n) is 8.16. The predicted molar refractivity (Wildman–Crippen MR) is 85.5 cm³/mol. The van der Waals surface area contributed by atoms with Gasteiger partial charge in [0.05, 0.1) is 12.1 Å². The molecule has 1 fully saturated rings. The summed E-state index contributed by atoms with van der Waals surface area (Å²) in [7, 11) is 0. The minimum absolute atomic E-state index is 0.00540. The molecular weight excluding hydrogens is 276 g/mol. The standard InChI is InChI=1S/C18H22N2O2/c1-10-7-15-14-5-3-4-6-16(14)19-17(15)11(2)20(10)18(22)12-8-13(21)9-12/h3-6,10-13,19,21H,7-9H2,1-2H3/t10-,11-,12-,13+/m1/s1. The van der Waals surface area contributed by atoms with Gasteiger partial charge < -0.3 is 15.0 Å². The molecule has 2 heterocycles. The zero-order chi connectivity index (χ0) is 15.4. The average molecular weight is 298 g/mol. The van der Waals surface area contributed by atoms with Gasteiger partial charge in [-0.05, 0) is 44.7 Å². The number of hydrogen-bond acceptors (Lipinski definition) is 2. The van der Waals surface area contributed by atoms with Gasteiger partial charge in [0.15, 0.2) is 0 Å². The molecule has 1 aromatic carbocycles. The van der Waals surface area contributed by atoms with Crippen molar-refractivity contribution in [3.63, 3.8) is 0 Å². The molecule has 0 saturated heterocycles. The van der Waals surface area contributed by atoms with Crippen molar-refractivity contribution in [2.75, 3.05) is 0 Å². The van der Waals surface area contributed by atoms with Crippen molar-refractivity contribution in [2.45, 2.75) is 51.3 Å². The SMILES string of the molecule is C[C@@H]1Cc2c([nH]c3ccccc23)[C@@H](C)N1C(=O)[C@H]1C[C@@H](O)C1. The summed E-state index contributed by atoms with van der Waals surface area (Å²) < 4.78 is 0. The predicted octanol–water partition coefficient (Wildman–Crippen LogP) is 2.77. The van der Waals surface area contributed by atoms with Crippen LogP contribution in [0.4, 0.5) is 0 Å². The number of aliphatic hydroxyl groups excluding tert-OH is 1. The van der Waals surface area contributed by atoms with E-state index in [0.717, 1.165) is 11.9 Å². The number of nitrogens with zero attached hydrogens (tertiary/aromatic N) is 1. The van der Waals surface area contributed by atoms with Gasteiger partial charge in [0, 0.05) is 28.6 Å². The lowest BCUT2D eigenvalue weighted by molar-refractivity contribution is -0.147. The van der Waals surface area contributed by atoms with E-state index in [0.29, 0.717) is 12.8 Å². The van der Waals surface area contributed by atoms with E-state index in [-0.39, 0.29) is 30.0 Å². The third-order valence-corrected chi connectivity index (χ3v) is 5.37. The third kappa shape index (κ3) is 1.90. The van der Waals surface area contributed by atoms with E-state index in [9.17, 15) is 9.90 Å². The van der Waals surface area contributed by atoms with Gasteiger partial charge in [-0.2, -0.15) is 0 Å². The second-order valence-corrected chi connectivity index (χ2v) is 6.86. The van der Waals surface area contributed by atoms with Gasteiger partial charge in [0.1, 0.15) is 0 Å². The number of aromatic nitrogens is 1. The van der Waals surface area contributed by atoms with E-state index in [2.05, 4.69) is 37.0 Å². The zero-order valence-electron chi connectivity index (χ0n) is 13.0. The highest BCUT2D eigenvalue weighted by molar-refractivity contribution is 5.87. The molecule has 0 spiro atoms. The van der Waals surface area contributed by atoms with E-state index >= 15 is 0 Å². The summed E-state index contributed by atoms with van der Waals surface area (Å²) in [5.74, 6) is 0.209. The van der Waals surface area contributed by atoms with Crippen LogP contribution in [0, 0.1) is 5.92 Å². The van der Waals surface area contributed by atoms with Gasteiger partial charge in [-0.3, -0.25) is 4.79 Å². The molecule has 2 atom stereocenters. The molecule has 1 amide bonds. The van der Waals surface area contributed by atoms with E-state index in [1.165, 1.54) is 16.6 Å². The van der Waals surface area contributed by atoms with E-state index in [4.69, 9.17) is 0 Å². The molecule has 0 unspecified atom stereocenters. The molecule has 1 aromatic heterocycles. The largest absolute Gasteiger partial charge is 0.393 e. The summed E-state index contributed by atoms with van der Waals surface area (Å²) in [4.78, 5) is 18.3. The molecular formula is C18H22N2O2. The minimum Gasteiger partial charge on any atom is -0.393 e. The van der Waals surface area contributed by atoms with Crippen LogP contribution < -0.4 is 0 Å². The molecule has 2 aliphatic rings. The van der Waals surface area contributed by atoms with Crippen LogP contribution in [-0.2, 0) is 11.2 Å². The van der Waals surface area contributed by atoms with Crippen molar-refractivity contribution in [3.05, 3.63) is 35.5 Å². The van der Waals surface area contributed by atoms with E-state index < -0.39 is 0 Å². The van der Waals surface area contributed by atoms with Crippen LogP contribution in [0.1, 0.15) is 44.0 Å². The maximum absolute atomic E-state index is 12.8. The highest BCUT2D eigenvalue weighted by Gasteiger charge is 2.41. The zero-order valence-corrected chi connectivity index (χ0v) is 13.0. The monoisotopic (exact) mass is 298 g/mol. The summed E-state index contributed by atoms with van der Waals surface area (Å²) >= 11 is 0. The first-order chi connectivity index (χ1) is 10.6. The number of benzene rings is 1. The van der Waals surface area contributed by atoms with Crippen LogP contribution in [0.5, 0.6) is 0 Å². The second kappa shape index (κ2) is 4.85. The Labute approximate surface area is 130 Å². The van der Waals surface area contributed by atoms with Crippen LogP contribution in [-0.4, -0.2) is 33.0 Å². The van der Waals surface area contributed by atoms with Crippen molar-refractivity contribution >= 4 is 16.8 Å². The Morgan fingerprint density at radius 1 is 1.27 bits per heavy atom. The number of hydrogen-bond donors (Lipinski definition) is 2. The molecule has 0 bridgehead atoms. The van der Waals surface area contributed by atoms with Crippen molar-refractivity contribution < 1.29 is 9.90 Å². The van der Waals surface area contributed by atoms with Crippen molar-refractivity contribution in [2.24, 2.45) is 5.92 Å². The Morgan fingerprint density at radius 3 is 2.73 bits per heavy atom. The molecule has 4 heteroatoms. The maximum atomic E-state index is 12.8. The van der Waals surface area contributed by atoms with Gasteiger partial charge in [0.2, 0.25) is 5.91 Å². The number of aromatic amines is 1. The fourth-order valence-corrected chi connectivity index (χ4v) is 4.12. The van der Waals surface area contributed by atoms with Crippen LogP contribution >= 0.6 is 0 Å². The van der Waals surface area contributed by atoms with Gasteiger partial charge in [-0.25, -0.2) is 0 Å². The molecule has 116 valence electrons. The quantitative estimate of drug-likeness (QED) is 0.850. The normalized spacial score (nSPS) is 31.0. The number of carbonyl (C=O) groups is 1. The molecule has 22 heavy (non-hydrogen) atoms. The number of rotatable bonds is 1. The number of para-hydroxylation sites is 1. The van der Waals surface area contributed by atoms with Crippen molar-refractivity contribution in [1.29, 1.82) is 0 Å². The van der Waals surface area contributed by atoms with Crippen LogP contribution in [0.3, 0.4) is 0 Å².